The molecule has 2 heterocycles. The number of para-hydroxylation sites is 2. The number of nitrogens with zero attached hydrogens (tertiary/aromatic N) is 5. The monoisotopic (exact) mass is 343 g/mol. The largest absolute Gasteiger partial charge is 0.495 e. The summed E-state index contributed by atoms with van der Waals surface area (Å²) >= 11 is 1.42. The summed E-state index contributed by atoms with van der Waals surface area (Å²) < 4.78 is 7.55. The summed E-state index contributed by atoms with van der Waals surface area (Å²) in [6.07, 6.45) is 3.58. The summed E-state index contributed by atoms with van der Waals surface area (Å²) in [5.41, 5.74) is 0.901. The SMILES string of the molecule is COc1ccccc1-n1c(S[C@H](C)C#N)nnc1N1CCCCC1. The number of aromatic nitrogens is 3. The maximum Gasteiger partial charge on any atom is 0.232 e. The predicted molar refractivity (Wildman–Crippen MR) is 94.9 cm³/mol. The van der Waals surface area contributed by atoms with E-state index in [1.165, 1.54) is 18.2 Å². The lowest BCUT2D eigenvalue weighted by Crippen LogP contribution is -2.31. The number of methoxy groups -OCH3 is 1. The molecule has 1 saturated heterocycles. The quantitative estimate of drug-likeness (QED) is 0.776. The first kappa shape index (κ1) is 16.7. The Bertz CT molecular complexity index is 733. The fraction of sp³-hybridized carbons (Fsp3) is 0.471. The van der Waals surface area contributed by atoms with Crippen LogP contribution in [-0.2, 0) is 0 Å². The molecule has 0 amide bonds. The third-order valence-electron chi connectivity index (χ3n) is 4.05. The predicted octanol–water partition coefficient (Wildman–Crippen LogP) is 3.27. The van der Waals surface area contributed by atoms with Gasteiger partial charge in [0.05, 0.1) is 24.1 Å². The summed E-state index contributed by atoms with van der Waals surface area (Å²) in [7, 11) is 1.66. The molecule has 1 aliphatic rings. The molecule has 0 unspecified atom stereocenters. The molecule has 0 radical (unpaired) electrons. The van der Waals surface area contributed by atoms with Crippen LogP contribution in [0.4, 0.5) is 5.95 Å². The second-order valence-electron chi connectivity index (χ2n) is 5.73. The second kappa shape index (κ2) is 7.58. The van der Waals surface area contributed by atoms with Crippen LogP contribution in [-0.4, -0.2) is 40.2 Å². The molecule has 1 fully saturated rings. The number of ether oxygens (including phenoxy) is 1. The van der Waals surface area contributed by atoms with E-state index < -0.39 is 0 Å². The van der Waals surface area contributed by atoms with Crippen molar-refractivity contribution in [3.05, 3.63) is 24.3 Å². The highest BCUT2D eigenvalue weighted by Gasteiger charge is 2.24. The summed E-state index contributed by atoms with van der Waals surface area (Å²) in [5, 5.41) is 18.5. The fourth-order valence-electron chi connectivity index (χ4n) is 2.85. The van der Waals surface area contributed by atoms with Crippen molar-refractivity contribution in [2.75, 3.05) is 25.1 Å². The molecule has 24 heavy (non-hydrogen) atoms. The zero-order valence-electron chi connectivity index (χ0n) is 14.0. The lowest BCUT2D eigenvalue weighted by molar-refractivity contribution is 0.412. The summed E-state index contributed by atoms with van der Waals surface area (Å²) in [4.78, 5) is 2.27. The standard InChI is InChI=1S/C17H21N5OS/c1-13(12-18)24-17-20-19-16(21-10-6-3-7-11-21)22(17)14-8-4-5-9-15(14)23-2/h4-5,8-9,13H,3,6-7,10-11H2,1-2H3/t13-/m1/s1. The molecule has 0 bridgehead atoms. The van der Waals surface area contributed by atoms with Gasteiger partial charge in [-0.2, -0.15) is 5.26 Å². The maximum absolute atomic E-state index is 9.15. The van der Waals surface area contributed by atoms with E-state index in [1.807, 2.05) is 35.8 Å². The Balaban J connectivity index is 2.08. The smallest absolute Gasteiger partial charge is 0.232 e. The molecule has 1 atom stereocenters. The van der Waals surface area contributed by atoms with Gasteiger partial charge in [-0.25, -0.2) is 0 Å². The minimum atomic E-state index is -0.197. The van der Waals surface area contributed by atoms with Crippen LogP contribution in [0.3, 0.4) is 0 Å². The van der Waals surface area contributed by atoms with E-state index in [0.29, 0.717) is 5.16 Å². The van der Waals surface area contributed by atoms with E-state index in [1.54, 1.807) is 7.11 Å². The lowest BCUT2D eigenvalue weighted by Gasteiger charge is -2.28. The number of benzene rings is 1. The second-order valence-corrected chi connectivity index (χ2v) is 7.03. The molecule has 6 nitrogen and oxygen atoms in total. The topological polar surface area (TPSA) is 67.0 Å². The van der Waals surface area contributed by atoms with E-state index in [2.05, 4.69) is 21.2 Å². The van der Waals surface area contributed by atoms with Gasteiger partial charge in [0.2, 0.25) is 5.95 Å². The van der Waals surface area contributed by atoms with Gasteiger partial charge in [0, 0.05) is 13.1 Å². The highest BCUT2D eigenvalue weighted by Crippen LogP contribution is 2.33. The first-order valence-corrected chi connectivity index (χ1v) is 9.02. The van der Waals surface area contributed by atoms with Crippen molar-refractivity contribution in [2.45, 2.75) is 36.6 Å². The van der Waals surface area contributed by atoms with Gasteiger partial charge < -0.3 is 9.64 Å². The zero-order chi connectivity index (χ0) is 16.9. The first-order valence-electron chi connectivity index (χ1n) is 8.14. The Labute approximate surface area is 146 Å². The molecule has 1 aromatic heterocycles. The van der Waals surface area contributed by atoms with E-state index in [9.17, 15) is 0 Å². The van der Waals surface area contributed by atoms with Gasteiger partial charge in [0.25, 0.3) is 0 Å². The Morgan fingerprint density at radius 3 is 2.67 bits per heavy atom. The van der Waals surface area contributed by atoms with E-state index >= 15 is 0 Å². The average molecular weight is 343 g/mol. The van der Waals surface area contributed by atoms with Crippen LogP contribution >= 0.6 is 11.8 Å². The van der Waals surface area contributed by atoms with Gasteiger partial charge in [0.1, 0.15) is 5.75 Å². The molecule has 1 aliphatic heterocycles. The molecule has 7 heteroatoms. The highest BCUT2D eigenvalue weighted by atomic mass is 32.2. The molecule has 0 aliphatic carbocycles. The van der Waals surface area contributed by atoms with E-state index in [4.69, 9.17) is 10.00 Å². The molecule has 3 rings (SSSR count). The number of thioether (sulfide) groups is 1. The maximum atomic E-state index is 9.15. The van der Waals surface area contributed by atoms with E-state index in [0.717, 1.165) is 43.3 Å². The van der Waals surface area contributed by atoms with Crippen molar-refractivity contribution < 1.29 is 4.74 Å². The number of nitriles is 1. The molecular weight excluding hydrogens is 322 g/mol. The lowest BCUT2D eigenvalue weighted by atomic mass is 10.1. The van der Waals surface area contributed by atoms with Crippen LogP contribution in [0.25, 0.3) is 5.69 Å². The number of anilines is 1. The zero-order valence-corrected chi connectivity index (χ0v) is 14.8. The molecular formula is C17H21N5OS. The Kier molecular flexibility index (Phi) is 5.26. The summed E-state index contributed by atoms with van der Waals surface area (Å²) in [6.45, 7) is 3.82. The van der Waals surface area contributed by atoms with Crippen LogP contribution in [0.5, 0.6) is 5.75 Å². The number of rotatable bonds is 5. The van der Waals surface area contributed by atoms with Gasteiger partial charge in [-0.3, -0.25) is 4.57 Å². The highest BCUT2D eigenvalue weighted by molar-refractivity contribution is 8.00. The third-order valence-corrected chi connectivity index (χ3v) is 4.98. The average Bonchev–Trinajstić information content (AvgIpc) is 3.05. The summed E-state index contributed by atoms with van der Waals surface area (Å²) in [6, 6.07) is 10.1. The van der Waals surface area contributed by atoms with Gasteiger partial charge in [0.15, 0.2) is 5.16 Å². The number of hydrogen-bond donors (Lipinski definition) is 0. The van der Waals surface area contributed by atoms with E-state index in [-0.39, 0.29) is 5.25 Å². The van der Waals surface area contributed by atoms with Gasteiger partial charge >= 0.3 is 0 Å². The van der Waals surface area contributed by atoms with Crippen molar-refractivity contribution in [1.82, 2.24) is 14.8 Å². The van der Waals surface area contributed by atoms with Crippen molar-refractivity contribution in [2.24, 2.45) is 0 Å². The van der Waals surface area contributed by atoms with Gasteiger partial charge in [-0.15, -0.1) is 10.2 Å². The van der Waals surface area contributed by atoms with Gasteiger partial charge in [-0.05, 0) is 38.3 Å². The van der Waals surface area contributed by atoms with Crippen LogP contribution in [0.1, 0.15) is 26.2 Å². The number of hydrogen-bond acceptors (Lipinski definition) is 6. The minimum absolute atomic E-state index is 0.197. The van der Waals surface area contributed by atoms with Crippen molar-refractivity contribution in [1.29, 1.82) is 5.26 Å². The van der Waals surface area contributed by atoms with Crippen LogP contribution < -0.4 is 9.64 Å². The first-order chi connectivity index (χ1) is 11.7. The van der Waals surface area contributed by atoms with Crippen LogP contribution in [0.2, 0.25) is 0 Å². The Morgan fingerprint density at radius 1 is 1.21 bits per heavy atom. The molecule has 0 saturated carbocycles. The van der Waals surface area contributed by atoms with Crippen LogP contribution in [0.15, 0.2) is 29.4 Å². The fourth-order valence-corrected chi connectivity index (χ4v) is 3.59. The minimum Gasteiger partial charge on any atom is -0.495 e. The summed E-state index contributed by atoms with van der Waals surface area (Å²) in [5.74, 6) is 1.59. The van der Waals surface area contributed by atoms with Gasteiger partial charge in [-0.1, -0.05) is 23.9 Å². The molecule has 0 spiro atoms. The Morgan fingerprint density at radius 2 is 1.96 bits per heavy atom. The molecule has 1 aromatic carbocycles. The van der Waals surface area contributed by atoms with Crippen LogP contribution in [0, 0.1) is 11.3 Å². The van der Waals surface area contributed by atoms with Crippen molar-refractivity contribution in [3.63, 3.8) is 0 Å². The van der Waals surface area contributed by atoms with Crippen molar-refractivity contribution in [3.8, 4) is 17.5 Å². The number of piperidine rings is 1. The molecule has 2 aromatic rings. The Hall–Kier alpha value is -2.20. The van der Waals surface area contributed by atoms with Crippen molar-refractivity contribution >= 4 is 17.7 Å². The normalized spacial score (nSPS) is 15.8. The molecule has 126 valence electrons. The molecule has 0 N–H and O–H groups in total. The third kappa shape index (κ3) is 3.34.